The summed E-state index contributed by atoms with van der Waals surface area (Å²) in [6.45, 7) is 3.85. The number of halogens is 1. The van der Waals surface area contributed by atoms with Gasteiger partial charge in [-0.05, 0) is 17.4 Å². The molecule has 1 rings (SSSR count). The van der Waals surface area contributed by atoms with Gasteiger partial charge in [-0.3, -0.25) is 9.59 Å². The van der Waals surface area contributed by atoms with E-state index in [-0.39, 0.29) is 23.1 Å². The molecule has 0 spiro atoms. The van der Waals surface area contributed by atoms with Crippen LogP contribution >= 0.6 is 27.3 Å². The zero-order valence-electron chi connectivity index (χ0n) is 10.2. The SMILES string of the molecule is CC(C)C(Br)C(=O)NC(CC(=O)O)c1cccs1. The molecule has 0 radical (unpaired) electrons. The third-order valence-electron chi connectivity index (χ3n) is 2.42. The van der Waals surface area contributed by atoms with Crippen LogP contribution in [0, 0.1) is 5.92 Å². The Balaban J connectivity index is 2.74. The van der Waals surface area contributed by atoms with Crippen LogP contribution in [0.25, 0.3) is 0 Å². The summed E-state index contributed by atoms with van der Waals surface area (Å²) in [6, 6.07) is 3.21. The number of thiophene rings is 1. The topological polar surface area (TPSA) is 66.4 Å². The molecule has 0 aliphatic heterocycles. The molecule has 0 fully saturated rings. The first-order chi connectivity index (χ1) is 8.41. The van der Waals surface area contributed by atoms with Crippen LogP contribution in [0.2, 0.25) is 0 Å². The predicted molar refractivity (Wildman–Crippen MR) is 75.0 cm³/mol. The van der Waals surface area contributed by atoms with E-state index in [0.717, 1.165) is 4.88 Å². The maximum atomic E-state index is 11.9. The molecule has 2 unspecified atom stereocenters. The molecule has 1 amide bonds. The molecule has 1 aromatic rings. The molecule has 2 atom stereocenters. The van der Waals surface area contributed by atoms with Crippen LogP contribution in [0.5, 0.6) is 0 Å². The summed E-state index contributed by atoms with van der Waals surface area (Å²) in [5, 5.41) is 13.5. The van der Waals surface area contributed by atoms with E-state index in [4.69, 9.17) is 5.11 Å². The molecule has 2 N–H and O–H groups in total. The number of carbonyl (C=O) groups is 2. The van der Waals surface area contributed by atoms with Crippen molar-refractivity contribution >= 4 is 39.1 Å². The van der Waals surface area contributed by atoms with Crippen molar-refractivity contribution in [2.45, 2.75) is 31.1 Å². The number of rotatable bonds is 6. The van der Waals surface area contributed by atoms with E-state index in [0.29, 0.717) is 0 Å². The zero-order valence-corrected chi connectivity index (χ0v) is 12.6. The van der Waals surface area contributed by atoms with Gasteiger partial charge in [0.05, 0.1) is 17.3 Å². The van der Waals surface area contributed by atoms with Crippen molar-refractivity contribution in [3.63, 3.8) is 0 Å². The van der Waals surface area contributed by atoms with Gasteiger partial charge in [-0.2, -0.15) is 0 Å². The number of alkyl halides is 1. The van der Waals surface area contributed by atoms with Gasteiger partial charge in [0.15, 0.2) is 0 Å². The fourth-order valence-corrected chi connectivity index (χ4v) is 2.35. The van der Waals surface area contributed by atoms with Crippen molar-refractivity contribution in [3.8, 4) is 0 Å². The van der Waals surface area contributed by atoms with Gasteiger partial charge in [-0.15, -0.1) is 11.3 Å². The first-order valence-electron chi connectivity index (χ1n) is 5.61. The normalized spacial score (nSPS) is 14.2. The molecule has 0 aliphatic rings. The van der Waals surface area contributed by atoms with Crippen LogP contribution in [0.1, 0.15) is 31.2 Å². The molecule has 1 aromatic heterocycles. The summed E-state index contributed by atoms with van der Waals surface area (Å²) in [5.74, 6) is -0.951. The molecule has 0 saturated carbocycles. The van der Waals surface area contributed by atoms with Gasteiger partial charge in [-0.25, -0.2) is 0 Å². The van der Waals surface area contributed by atoms with Crippen LogP contribution in [-0.4, -0.2) is 21.8 Å². The molecule has 0 aliphatic carbocycles. The lowest BCUT2D eigenvalue weighted by Crippen LogP contribution is -2.37. The highest BCUT2D eigenvalue weighted by atomic mass is 79.9. The van der Waals surface area contributed by atoms with Crippen molar-refractivity contribution in [2.24, 2.45) is 5.92 Å². The predicted octanol–water partition coefficient (Wildman–Crippen LogP) is 2.80. The minimum atomic E-state index is -0.927. The van der Waals surface area contributed by atoms with Crippen LogP contribution in [0.4, 0.5) is 0 Å². The number of carboxylic acids is 1. The van der Waals surface area contributed by atoms with Gasteiger partial charge >= 0.3 is 5.97 Å². The average molecular weight is 334 g/mol. The number of amides is 1. The number of hydrogen-bond acceptors (Lipinski definition) is 3. The molecule has 100 valence electrons. The second kappa shape index (κ2) is 6.89. The molecule has 0 aromatic carbocycles. The van der Waals surface area contributed by atoms with Crippen LogP contribution < -0.4 is 5.32 Å². The van der Waals surface area contributed by atoms with Gasteiger partial charge in [0, 0.05) is 4.88 Å². The molecule has 1 heterocycles. The summed E-state index contributed by atoms with van der Waals surface area (Å²) in [4.78, 5) is 23.3. The smallest absolute Gasteiger partial charge is 0.305 e. The van der Waals surface area contributed by atoms with E-state index in [9.17, 15) is 9.59 Å². The summed E-state index contributed by atoms with van der Waals surface area (Å²) in [6.07, 6.45) is -0.107. The Morgan fingerprint density at radius 2 is 2.17 bits per heavy atom. The molecule has 4 nitrogen and oxygen atoms in total. The fraction of sp³-hybridized carbons (Fsp3) is 0.500. The van der Waals surface area contributed by atoms with Gasteiger partial charge in [0.2, 0.25) is 5.91 Å². The highest BCUT2D eigenvalue weighted by molar-refractivity contribution is 9.10. The maximum absolute atomic E-state index is 11.9. The summed E-state index contributed by atoms with van der Waals surface area (Å²) >= 11 is 4.75. The monoisotopic (exact) mass is 333 g/mol. The van der Waals surface area contributed by atoms with E-state index in [1.807, 2.05) is 31.4 Å². The third-order valence-corrected chi connectivity index (χ3v) is 4.88. The van der Waals surface area contributed by atoms with Gasteiger partial charge in [-0.1, -0.05) is 35.8 Å². The van der Waals surface area contributed by atoms with Crippen molar-refractivity contribution in [2.75, 3.05) is 0 Å². The van der Waals surface area contributed by atoms with Crippen LogP contribution in [-0.2, 0) is 9.59 Å². The average Bonchev–Trinajstić information content (AvgIpc) is 2.79. The Morgan fingerprint density at radius 3 is 2.61 bits per heavy atom. The second-order valence-electron chi connectivity index (χ2n) is 4.32. The Morgan fingerprint density at radius 1 is 1.50 bits per heavy atom. The zero-order chi connectivity index (χ0) is 13.7. The van der Waals surface area contributed by atoms with Gasteiger partial charge in [0.25, 0.3) is 0 Å². The number of hydrogen-bond donors (Lipinski definition) is 2. The highest BCUT2D eigenvalue weighted by Crippen LogP contribution is 2.23. The van der Waals surface area contributed by atoms with Gasteiger partial charge < -0.3 is 10.4 Å². The van der Waals surface area contributed by atoms with Crippen molar-refractivity contribution in [1.82, 2.24) is 5.32 Å². The number of carbonyl (C=O) groups excluding carboxylic acids is 1. The number of aliphatic carboxylic acids is 1. The first-order valence-corrected chi connectivity index (χ1v) is 7.41. The second-order valence-corrected chi connectivity index (χ2v) is 6.29. The van der Waals surface area contributed by atoms with Crippen LogP contribution in [0.15, 0.2) is 17.5 Å². The summed E-state index contributed by atoms with van der Waals surface area (Å²) in [5.41, 5.74) is 0. The maximum Gasteiger partial charge on any atom is 0.305 e. The lowest BCUT2D eigenvalue weighted by Gasteiger charge is -2.19. The van der Waals surface area contributed by atoms with Crippen LogP contribution in [0.3, 0.4) is 0 Å². The molecule has 0 bridgehead atoms. The highest BCUT2D eigenvalue weighted by Gasteiger charge is 2.24. The van der Waals surface area contributed by atoms with E-state index in [1.54, 1.807) is 0 Å². The van der Waals surface area contributed by atoms with E-state index >= 15 is 0 Å². The lowest BCUT2D eigenvalue weighted by atomic mass is 10.1. The summed E-state index contributed by atoms with van der Waals surface area (Å²) < 4.78 is 0. The standard InChI is InChI=1S/C12H16BrNO3S/c1-7(2)11(13)12(17)14-8(6-10(15)16)9-4-3-5-18-9/h3-5,7-8,11H,6H2,1-2H3,(H,14,17)(H,15,16). The van der Waals surface area contributed by atoms with Crippen molar-refractivity contribution in [1.29, 1.82) is 0 Å². The Labute approximate surface area is 119 Å². The molecular weight excluding hydrogens is 318 g/mol. The van der Waals surface area contributed by atoms with Crippen molar-refractivity contribution < 1.29 is 14.7 Å². The van der Waals surface area contributed by atoms with Gasteiger partial charge in [0.1, 0.15) is 0 Å². The first kappa shape index (κ1) is 15.2. The third kappa shape index (κ3) is 4.42. The van der Waals surface area contributed by atoms with E-state index in [1.165, 1.54) is 11.3 Å². The number of nitrogens with one attached hydrogen (secondary N) is 1. The largest absolute Gasteiger partial charge is 0.481 e. The van der Waals surface area contributed by atoms with Crippen molar-refractivity contribution in [3.05, 3.63) is 22.4 Å². The van der Waals surface area contributed by atoms with E-state index in [2.05, 4.69) is 21.2 Å². The Hall–Kier alpha value is -0.880. The fourth-order valence-electron chi connectivity index (χ4n) is 1.44. The Bertz CT molecular complexity index is 405. The molecular formula is C12H16BrNO3S. The minimum absolute atomic E-state index is 0.107. The quantitative estimate of drug-likeness (QED) is 0.786. The number of carboxylic acid groups (broad SMARTS) is 1. The Kier molecular flexibility index (Phi) is 5.81. The molecule has 0 saturated heterocycles. The van der Waals surface area contributed by atoms with E-state index < -0.39 is 12.0 Å². The summed E-state index contributed by atoms with van der Waals surface area (Å²) in [7, 11) is 0. The molecule has 18 heavy (non-hydrogen) atoms. The minimum Gasteiger partial charge on any atom is -0.481 e. The molecule has 6 heteroatoms. The lowest BCUT2D eigenvalue weighted by molar-refractivity contribution is -0.137.